The maximum Gasteiger partial charge on any atom is 0.235 e. The summed E-state index contributed by atoms with van der Waals surface area (Å²) in [5.74, 6) is 6.27. The summed E-state index contributed by atoms with van der Waals surface area (Å²) in [6.07, 6.45) is 5.56. The van der Waals surface area contributed by atoms with Crippen LogP contribution in [0.25, 0.3) is 0 Å². The van der Waals surface area contributed by atoms with Crippen molar-refractivity contribution in [3.05, 3.63) is 52.7 Å². The Morgan fingerprint density at radius 1 is 1.29 bits per heavy atom. The smallest absolute Gasteiger partial charge is 0.235 e. The summed E-state index contributed by atoms with van der Waals surface area (Å²) in [6, 6.07) is 8.58. The van der Waals surface area contributed by atoms with Gasteiger partial charge in [-0.1, -0.05) is 43.2 Å². The molecule has 2 aromatic heterocycles. The van der Waals surface area contributed by atoms with Crippen LogP contribution in [-0.4, -0.2) is 31.1 Å². The molecule has 0 radical (unpaired) electrons. The third-order valence-electron chi connectivity index (χ3n) is 6.33. The molecule has 184 valence electrons. The Morgan fingerprint density at radius 3 is 2.74 bits per heavy atom. The molecule has 0 aliphatic heterocycles. The molecular formula is C24H28FN7O2S. The molecule has 2 heterocycles. The normalized spacial score (nSPS) is 14.0. The van der Waals surface area contributed by atoms with E-state index < -0.39 is 5.82 Å². The van der Waals surface area contributed by atoms with Gasteiger partial charge < -0.3 is 20.5 Å². The molecule has 11 heteroatoms. The van der Waals surface area contributed by atoms with Gasteiger partial charge in [0.2, 0.25) is 11.1 Å². The van der Waals surface area contributed by atoms with Crippen LogP contribution < -0.4 is 15.9 Å². The van der Waals surface area contributed by atoms with Crippen LogP contribution in [0.15, 0.2) is 29.4 Å². The summed E-state index contributed by atoms with van der Waals surface area (Å²) in [5, 5.41) is 21.0. The summed E-state index contributed by atoms with van der Waals surface area (Å²) in [7, 11) is 0. The number of nitrogens with two attached hydrogens (primary N) is 1. The van der Waals surface area contributed by atoms with Crippen molar-refractivity contribution in [1.82, 2.24) is 19.4 Å². The van der Waals surface area contributed by atoms with Crippen molar-refractivity contribution in [2.45, 2.75) is 63.8 Å². The Labute approximate surface area is 207 Å². The number of nitrogens with one attached hydrogen (secondary N) is 1. The average molecular weight is 498 g/mol. The van der Waals surface area contributed by atoms with Crippen molar-refractivity contribution in [3.63, 3.8) is 0 Å². The van der Waals surface area contributed by atoms with Gasteiger partial charge in [-0.2, -0.15) is 5.26 Å². The van der Waals surface area contributed by atoms with Crippen molar-refractivity contribution >= 4 is 23.5 Å². The minimum Gasteiger partial charge on any atom is -0.482 e. The highest BCUT2D eigenvalue weighted by atomic mass is 32.2. The molecular weight excluding hydrogens is 469 g/mol. The standard InChI is InChI=1S/C24H28FN7O2S/c1-15-16(2)31(17-8-4-3-5-9-17)23(18(15)12-26)28-22(33)14-35-24-30-29-21(32(24)27)13-34-20-11-7-6-10-19(20)25/h6-7,10-11,17H,3-5,8-9,13-14,27H2,1-2H3,(H,28,33). The van der Waals surface area contributed by atoms with Crippen molar-refractivity contribution in [2.75, 3.05) is 16.9 Å². The van der Waals surface area contributed by atoms with Gasteiger partial charge in [-0.05, 0) is 44.4 Å². The lowest BCUT2D eigenvalue weighted by molar-refractivity contribution is -0.113. The second-order valence-electron chi connectivity index (χ2n) is 8.53. The van der Waals surface area contributed by atoms with E-state index in [9.17, 15) is 14.4 Å². The van der Waals surface area contributed by atoms with E-state index in [2.05, 4.69) is 26.2 Å². The van der Waals surface area contributed by atoms with Gasteiger partial charge in [0, 0.05) is 11.7 Å². The Kier molecular flexibility index (Phi) is 7.60. The van der Waals surface area contributed by atoms with Crippen LogP contribution in [0.4, 0.5) is 10.2 Å². The maximum absolute atomic E-state index is 13.7. The number of rotatable bonds is 8. The number of nitrogens with zero attached hydrogens (tertiary/aromatic N) is 5. The van der Waals surface area contributed by atoms with E-state index in [4.69, 9.17) is 10.6 Å². The molecule has 3 N–H and O–H groups in total. The van der Waals surface area contributed by atoms with Gasteiger partial charge in [0.25, 0.3) is 0 Å². The van der Waals surface area contributed by atoms with Crippen molar-refractivity contribution in [2.24, 2.45) is 0 Å². The number of thioether (sulfide) groups is 1. The zero-order chi connectivity index (χ0) is 24.9. The first kappa shape index (κ1) is 24.6. The number of carbonyl (C=O) groups is 1. The first-order valence-corrected chi connectivity index (χ1v) is 12.5. The minimum atomic E-state index is -0.484. The molecule has 1 aliphatic carbocycles. The number of nitrogen functional groups attached to an aromatic ring is 1. The molecule has 1 aliphatic rings. The predicted molar refractivity (Wildman–Crippen MR) is 131 cm³/mol. The van der Waals surface area contributed by atoms with Gasteiger partial charge in [-0.15, -0.1) is 10.2 Å². The summed E-state index contributed by atoms with van der Waals surface area (Å²) < 4.78 is 22.5. The molecule has 1 fully saturated rings. The van der Waals surface area contributed by atoms with E-state index in [0.717, 1.165) is 48.7 Å². The number of aromatic nitrogens is 4. The Hall–Kier alpha value is -3.52. The van der Waals surface area contributed by atoms with Crippen LogP contribution in [0.1, 0.15) is 60.8 Å². The summed E-state index contributed by atoms with van der Waals surface area (Å²) in [4.78, 5) is 12.9. The molecule has 3 aromatic rings. The number of nitriles is 1. The number of anilines is 1. The topological polar surface area (TPSA) is 124 Å². The second-order valence-corrected chi connectivity index (χ2v) is 9.47. The zero-order valence-corrected chi connectivity index (χ0v) is 20.6. The zero-order valence-electron chi connectivity index (χ0n) is 19.8. The van der Waals surface area contributed by atoms with Crippen LogP contribution in [0, 0.1) is 31.0 Å². The number of amides is 1. The van der Waals surface area contributed by atoms with Gasteiger partial charge in [0.15, 0.2) is 17.4 Å². The number of para-hydroxylation sites is 1. The lowest BCUT2D eigenvalue weighted by Crippen LogP contribution is -2.22. The van der Waals surface area contributed by atoms with Crippen molar-refractivity contribution in [1.29, 1.82) is 5.26 Å². The lowest BCUT2D eigenvalue weighted by Gasteiger charge is -2.27. The molecule has 1 saturated carbocycles. The highest BCUT2D eigenvalue weighted by Gasteiger charge is 2.26. The highest BCUT2D eigenvalue weighted by molar-refractivity contribution is 7.99. The number of benzene rings is 1. The van der Waals surface area contributed by atoms with E-state index in [1.807, 2.05) is 13.8 Å². The number of hydrogen-bond donors (Lipinski definition) is 2. The third-order valence-corrected chi connectivity index (χ3v) is 7.27. The molecule has 0 unspecified atom stereocenters. The average Bonchev–Trinajstić information content (AvgIpc) is 3.33. The van der Waals surface area contributed by atoms with Gasteiger partial charge >= 0.3 is 0 Å². The minimum absolute atomic E-state index is 0.0301. The molecule has 0 atom stereocenters. The molecule has 0 saturated heterocycles. The molecule has 0 bridgehead atoms. The predicted octanol–water partition coefficient (Wildman–Crippen LogP) is 4.24. The van der Waals surface area contributed by atoms with E-state index >= 15 is 0 Å². The monoisotopic (exact) mass is 497 g/mol. The first-order valence-electron chi connectivity index (χ1n) is 11.5. The molecule has 1 amide bonds. The summed E-state index contributed by atoms with van der Waals surface area (Å²) >= 11 is 1.12. The van der Waals surface area contributed by atoms with Crippen LogP contribution in [0.5, 0.6) is 5.75 Å². The van der Waals surface area contributed by atoms with E-state index in [0.29, 0.717) is 22.4 Å². The molecule has 35 heavy (non-hydrogen) atoms. The maximum atomic E-state index is 13.7. The largest absolute Gasteiger partial charge is 0.482 e. The fourth-order valence-electron chi connectivity index (χ4n) is 4.39. The number of halogens is 1. The SMILES string of the molecule is Cc1c(C#N)c(NC(=O)CSc2nnc(COc3ccccc3F)n2N)n(C2CCCCC2)c1C. The second kappa shape index (κ2) is 10.8. The Morgan fingerprint density at radius 2 is 2.03 bits per heavy atom. The van der Waals surface area contributed by atoms with Crippen molar-refractivity contribution < 1.29 is 13.9 Å². The van der Waals surface area contributed by atoms with Gasteiger partial charge in [0.1, 0.15) is 18.5 Å². The van der Waals surface area contributed by atoms with Crippen molar-refractivity contribution in [3.8, 4) is 11.8 Å². The lowest BCUT2D eigenvalue weighted by atomic mass is 9.95. The van der Waals surface area contributed by atoms with Gasteiger partial charge in [0.05, 0.1) is 11.3 Å². The van der Waals surface area contributed by atoms with E-state index in [1.165, 1.54) is 23.2 Å². The summed E-state index contributed by atoms with van der Waals surface area (Å²) in [6.45, 7) is 3.84. The number of ether oxygens (including phenoxy) is 1. The fourth-order valence-corrected chi connectivity index (χ4v) is 5.06. The Balaban J connectivity index is 1.41. The van der Waals surface area contributed by atoms with Crippen LogP contribution >= 0.6 is 11.8 Å². The van der Waals surface area contributed by atoms with Crippen LogP contribution in [0.2, 0.25) is 0 Å². The third kappa shape index (κ3) is 5.27. The van der Waals surface area contributed by atoms with Crippen LogP contribution in [0.3, 0.4) is 0 Å². The first-order chi connectivity index (χ1) is 16.9. The molecule has 4 rings (SSSR count). The number of hydrogen-bond acceptors (Lipinski definition) is 7. The summed E-state index contributed by atoms with van der Waals surface area (Å²) in [5.41, 5.74) is 2.40. The molecule has 0 spiro atoms. The molecule has 1 aromatic carbocycles. The Bertz CT molecular complexity index is 1260. The molecule has 9 nitrogen and oxygen atoms in total. The van der Waals surface area contributed by atoms with E-state index in [1.54, 1.807) is 12.1 Å². The van der Waals surface area contributed by atoms with Crippen LogP contribution in [-0.2, 0) is 11.4 Å². The van der Waals surface area contributed by atoms with Gasteiger partial charge in [-0.25, -0.2) is 9.07 Å². The van der Waals surface area contributed by atoms with E-state index in [-0.39, 0.29) is 30.1 Å². The number of carbonyl (C=O) groups excluding carboxylic acids is 1. The van der Waals surface area contributed by atoms with Gasteiger partial charge in [-0.3, -0.25) is 4.79 Å². The fraction of sp³-hybridized carbons (Fsp3) is 0.417. The highest BCUT2D eigenvalue weighted by Crippen LogP contribution is 2.36. The quantitative estimate of drug-likeness (QED) is 0.352.